The molecule has 4 aromatic rings. The molecule has 8 nitrogen and oxygen atoms in total. The Morgan fingerprint density at radius 2 is 1.82 bits per heavy atom. The molecule has 6 rings (SSSR count). The van der Waals surface area contributed by atoms with Crippen LogP contribution in [-0.4, -0.2) is 56.9 Å². The summed E-state index contributed by atoms with van der Waals surface area (Å²) in [6.45, 7) is 3.41. The maximum atomic E-state index is 5.44. The van der Waals surface area contributed by atoms with Crippen molar-refractivity contribution in [2.24, 2.45) is 0 Å². The lowest BCUT2D eigenvalue weighted by Crippen LogP contribution is -2.28. The van der Waals surface area contributed by atoms with E-state index in [1.165, 1.54) is 5.56 Å². The second kappa shape index (κ2) is 8.88. The van der Waals surface area contributed by atoms with E-state index in [2.05, 4.69) is 78.9 Å². The second-order valence-electron chi connectivity index (χ2n) is 8.78. The van der Waals surface area contributed by atoms with Crippen molar-refractivity contribution in [1.29, 1.82) is 0 Å². The van der Waals surface area contributed by atoms with Crippen molar-refractivity contribution in [2.75, 3.05) is 31.6 Å². The van der Waals surface area contributed by atoms with Crippen LogP contribution in [0.25, 0.3) is 16.9 Å². The van der Waals surface area contributed by atoms with Crippen LogP contribution < -0.4 is 10.6 Å². The number of benzene rings is 1. The van der Waals surface area contributed by atoms with E-state index in [4.69, 9.17) is 9.72 Å². The highest BCUT2D eigenvalue weighted by Crippen LogP contribution is 2.35. The number of nitrogens with one attached hydrogen (secondary N) is 2. The molecule has 1 aromatic carbocycles. The highest BCUT2D eigenvalue weighted by molar-refractivity contribution is 5.64. The maximum Gasteiger partial charge on any atom is 0.223 e. The minimum Gasteiger partial charge on any atom is -0.381 e. The summed E-state index contributed by atoms with van der Waals surface area (Å²) in [5, 5.41) is 16.1. The smallest absolute Gasteiger partial charge is 0.223 e. The zero-order valence-electron chi connectivity index (χ0n) is 18.4. The molecule has 0 bridgehead atoms. The van der Waals surface area contributed by atoms with Crippen LogP contribution in [0.15, 0.2) is 60.9 Å². The Bertz CT molecular complexity index is 1240. The fourth-order valence-corrected chi connectivity index (χ4v) is 4.94. The van der Waals surface area contributed by atoms with Gasteiger partial charge in [0.25, 0.3) is 0 Å². The van der Waals surface area contributed by atoms with Crippen molar-refractivity contribution in [3.05, 3.63) is 72.3 Å². The van der Waals surface area contributed by atoms with Crippen molar-refractivity contribution in [3.8, 4) is 11.3 Å². The van der Waals surface area contributed by atoms with Crippen LogP contribution >= 0.6 is 0 Å². The first-order chi connectivity index (χ1) is 16.3. The second-order valence-corrected chi connectivity index (χ2v) is 8.78. The van der Waals surface area contributed by atoms with Crippen LogP contribution in [-0.2, 0) is 4.74 Å². The predicted molar refractivity (Wildman–Crippen MR) is 126 cm³/mol. The van der Waals surface area contributed by atoms with Crippen LogP contribution in [0, 0.1) is 0 Å². The Hall–Kier alpha value is -3.36. The molecule has 2 atom stereocenters. The van der Waals surface area contributed by atoms with Gasteiger partial charge in [-0.3, -0.25) is 4.40 Å². The molecule has 33 heavy (non-hydrogen) atoms. The summed E-state index contributed by atoms with van der Waals surface area (Å²) in [5.74, 6) is 2.32. The van der Waals surface area contributed by atoms with E-state index in [0.717, 1.165) is 61.9 Å². The first-order valence-corrected chi connectivity index (χ1v) is 11.6. The van der Waals surface area contributed by atoms with Gasteiger partial charge in [0.1, 0.15) is 5.82 Å². The summed E-state index contributed by atoms with van der Waals surface area (Å²) in [6, 6.07) is 17.1. The van der Waals surface area contributed by atoms with Crippen LogP contribution in [0.2, 0.25) is 0 Å². The summed E-state index contributed by atoms with van der Waals surface area (Å²) in [5.41, 5.74) is 4.05. The number of anilines is 1. The van der Waals surface area contributed by atoms with Crippen LogP contribution in [0.5, 0.6) is 0 Å². The minimum atomic E-state index is 0.280. The highest BCUT2D eigenvalue weighted by Gasteiger charge is 2.33. The Morgan fingerprint density at radius 3 is 2.70 bits per heavy atom. The quantitative estimate of drug-likeness (QED) is 0.491. The molecule has 0 aliphatic carbocycles. The van der Waals surface area contributed by atoms with E-state index in [1.54, 1.807) is 6.20 Å². The Kier molecular flexibility index (Phi) is 5.45. The standard InChI is InChI=1S/C25H27N7O/c1-2-4-17(5-3-1)20-15-26-16-21(20)24-31-30-23-14-18(7-11-32(23)24)22-6-10-27-25(29-22)28-19-8-12-33-13-9-19/h1-7,10-11,14,19-21,26H,8-9,12-13,15-16H2,(H,27,28,29)/t20-,21+/m1/s1. The van der Waals surface area contributed by atoms with E-state index in [9.17, 15) is 0 Å². The summed E-state index contributed by atoms with van der Waals surface area (Å²) >= 11 is 0. The molecule has 2 aliphatic heterocycles. The van der Waals surface area contributed by atoms with Crippen LogP contribution in [0.1, 0.15) is 36.1 Å². The van der Waals surface area contributed by atoms with Crippen LogP contribution in [0.4, 0.5) is 5.95 Å². The van der Waals surface area contributed by atoms with Gasteiger partial charge in [0.2, 0.25) is 5.95 Å². The van der Waals surface area contributed by atoms with Crippen molar-refractivity contribution in [3.63, 3.8) is 0 Å². The molecule has 2 N–H and O–H groups in total. The maximum absolute atomic E-state index is 5.44. The summed E-state index contributed by atoms with van der Waals surface area (Å²) < 4.78 is 7.55. The zero-order valence-corrected chi connectivity index (χ0v) is 18.4. The number of fused-ring (bicyclic) bond motifs is 1. The lowest BCUT2D eigenvalue weighted by Gasteiger charge is -2.23. The number of rotatable bonds is 5. The molecule has 3 aromatic heterocycles. The van der Waals surface area contributed by atoms with Gasteiger partial charge in [0.15, 0.2) is 5.65 Å². The summed E-state index contributed by atoms with van der Waals surface area (Å²) in [7, 11) is 0. The number of nitrogens with zero attached hydrogens (tertiary/aromatic N) is 5. The Balaban J connectivity index is 1.27. The molecule has 0 spiro atoms. The number of aromatic nitrogens is 5. The molecule has 0 radical (unpaired) electrons. The molecular weight excluding hydrogens is 414 g/mol. The van der Waals surface area contributed by atoms with Gasteiger partial charge in [0.05, 0.1) is 5.69 Å². The van der Waals surface area contributed by atoms with Gasteiger partial charge in [-0.15, -0.1) is 10.2 Å². The minimum absolute atomic E-state index is 0.280. The first-order valence-electron chi connectivity index (χ1n) is 11.6. The van der Waals surface area contributed by atoms with E-state index in [1.807, 2.05) is 6.07 Å². The normalized spacial score (nSPS) is 21.5. The average Bonchev–Trinajstić information content (AvgIpc) is 3.52. The van der Waals surface area contributed by atoms with E-state index < -0.39 is 0 Å². The van der Waals surface area contributed by atoms with Crippen molar-refractivity contribution >= 4 is 11.6 Å². The third-order valence-corrected chi connectivity index (χ3v) is 6.72. The zero-order chi connectivity index (χ0) is 22.0. The Morgan fingerprint density at radius 1 is 0.970 bits per heavy atom. The van der Waals surface area contributed by atoms with Gasteiger partial charge >= 0.3 is 0 Å². The molecule has 2 saturated heterocycles. The average molecular weight is 442 g/mol. The van der Waals surface area contributed by atoms with Gasteiger partial charge in [-0.05, 0) is 36.6 Å². The van der Waals surface area contributed by atoms with Gasteiger partial charge in [-0.2, -0.15) is 0 Å². The largest absolute Gasteiger partial charge is 0.381 e. The number of pyridine rings is 1. The van der Waals surface area contributed by atoms with Crippen molar-refractivity contribution in [2.45, 2.75) is 30.7 Å². The van der Waals surface area contributed by atoms with Gasteiger partial charge in [-0.25, -0.2) is 9.97 Å². The molecule has 2 aliphatic rings. The number of ether oxygens (including phenoxy) is 1. The van der Waals surface area contributed by atoms with E-state index >= 15 is 0 Å². The predicted octanol–water partition coefficient (Wildman–Crippen LogP) is 3.25. The van der Waals surface area contributed by atoms with Crippen LogP contribution in [0.3, 0.4) is 0 Å². The molecule has 8 heteroatoms. The fraction of sp³-hybridized carbons (Fsp3) is 0.360. The van der Waals surface area contributed by atoms with Gasteiger partial charge in [0, 0.05) is 62.1 Å². The van der Waals surface area contributed by atoms with E-state index in [0.29, 0.717) is 17.9 Å². The molecular formula is C25H27N7O. The molecule has 0 amide bonds. The lowest BCUT2D eigenvalue weighted by molar-refractivity contribution is 0.0903. The number of hydrogen-bond donors (Lipinski definition) is 2. The summed E-state index contributed by atoms with van der Waals surface area (Å²) in [6.07, 6.45) is 5.82. The Labute approximate surface area is 192 Å². The molecule has 0 saturated carbocycles. The highest BCUT2D eigenvalue weighted by atomic mass is 16.5. The van der Waals surface area contributed by atoms with Crippen molar-refractivity contribution < 1.29 is 4.74 Å². The molecule has 0 unspecified atom stereocenters. The third kappa shape index (κ3) is 4.07. The summed E-state index contributed by atoms with van der Waals surface area (Å²) in [4.78, 5) is 9.16. The molecule has 5 heterocycles. The SMILES string of the molecule is c1ccc([C@H]2CNC[C@@H]2c2nnc3cc(-c4ccnc(NC5CCOCC5)n4)ccn23)cc1. The van der Waals surface area contributed by atoms with Crippen molar-refractivity contribution in [1.82, 2.24) is 29.9 Å². The fourth-order valence-electron chi connectivity index (χ4n) is 4.94. The van der Waals surface area contributed by atoms with Gasteiger partial charge in [-0.1, -0.05) is 30.3 Å². The number of hydrogen-bond acceptors (Lipinski definition) is 7. The topological polar surface area (TPSA) is 89.3 Å². The van der Waals surface area contributed by atoms with Gasteiger partial charge < -0.3 is 15.4 Å². The molecule has 168 valence electrons. The van der Waals surface area contributed by atoms with E-state index in [-0.39, 0.29) is 5.92 Å². The first kappa shape index (κ1) is 20.3. The molecule has 2 fully saturated rings. The third-order valence-electron chi connectivity index (χ3n) is 6.72. The monoisotopic (exact) mass is 441 g/mol. The lowest BCUT2D eigenvalue weighted by atomic mass is 9.88.